The Bertz CT molecular complexity index is 81.5. The van der Waals surface area contributed by atoms with Crippen LogP contribution in [0.1, 0.15) is 13.8 Å². The molecule has 11 heavy (non-hydrogen) atoms. The van der Waals surface area contributed by atoms with Crippen LogP contribution in [0.2, 0.25) is 0 Å². The number of hydrogen-bond donors (Lipinski definition) is 1. The molecule has 0 aliphatic rings. The van der Waals surface area contributed by atoms with E-state index in [1.807, 2.05) is 44.2 Å². The maximum absolute atomic E-state index is 6.75. The second-order valence-corrected chi connectivity index (χ2v) is 1.08. The molecule has 1 rings (SSSR count). The van der Waals surface area contributed by atoms with Gasteiger partial charge < -0.3 is 5.11 Å². The third-order valence-electron chi connectivity index (χ3n) is 0.607. The predicted octanol–water partition coefficient (Wildman–Crippen LogP) is 2.66. The maximum atomic E-state index is 6.75. The minimum atomic E-state index is 0. The van der Waals surface area contributed by atoms with Crippen LogP contribution in [0.5, 0.6) is 0 Å². The van der Waals surface area contributed by atoms with Gasteiger partial charge in [-0.05, 0) is 0 Å². The summed E-state index contributed by atoms with van der Waals surface area (Å²) in [5, 5.41) is 6.75. The normalized spacial score (nSPS) is 5.45. The van der Waals surface area contributed by atoms with Crippen LogP contribution in [0.25, 0.3) is 0 Å². The first-order valence-electron chi connectivity index (χ1n) is 3.23. The van der Waals surface area contributed by atoms with Crippen LogP contribution in [0, 0.1) is 13.2 Å². The largest absolute Gasteiger partial charge is 0.569 e. The molecule has 1 aromatic carbocycles. The van der Waals surface area contributed by atoms with Gasteiger partial charge in [-0.1, -0.05) is 13.8 Å². The van der Waals surface area contributed by atoms with Crippen molar-refractivity contribution in [3.63, 3.8) is 0 Å². The molecule has 0 fully saturated rings. The van der Waals surface area contributed by atoms with Crippen molar-refractivity contribution >= 4 is 0 Å². The Morgan fingerprint density at radius 3 is 1.45 bits per heavy atom. The summed E-state index contributed by atoms with van der Waals surface area (Å²) in [4.78, 5) is 0. The Morgan fingerprint density at radius 1 is 1.00 bits per heavy atom. The molecule has 2 heteroatoms. The molecule has 0 spiro atoms. The monoisotopic (exact) mass is 227 g/mol. The first-order chi connectivity index (χ1) is 5.00. The number of aliphatic hydroxyl groups excluding tert-OH is 1. The summed E-state index contributed by atoms with van der Waals surface area (Å²) >= 11 is 0. The maximum Gasteiger partial charge on any atom is 0 e. The third kappa shape index (κ3) is 17.9. The fraction of sp³-hybridized carbons (Fsp3) is 0.222. The van der Waals surface area contributed by atoms with Crippen LogP contribution in [0.3, 0.4) is 0 Å². The van der Waals surface area contributed by atoms with Crippen LogP contribution >= 0.6 is 0 Å². The molecule has 1 radical (unpaired) electrons. The summed E-state index contributed by atoms with van der Waals surface area (Å²) < 4.78 is 0. The molecule has 0 saturated heterocycles. The van der Waals surface area contributed by atoms with E-state index in [-0.39, 0.29) is 32.7 Å². The van der Waals surface area contributed by atoms with Crippen LogP contribution in [-0.2, 0) is 32.7 Å². The van der Waals surface area contributed by atoms with Crippen molar-refractivity contribution in [2.24, 2.45) is 0 Å². The number of benzene rings is 1. The van der Waals surface area contributed by atoms with Gasteiger partial charge in [0.25, 0.3) is 0 Å². The van der Waals surface area contributed by atoms with E-state index in [2.05, 4.69) is 13.2 Å². The first kappa shape index (κ1) is 17.4. The zero-order valence-corrected chi connectivity index (χ0v) is 9.96. The third-order valence-corrected chi connectivity index (χ3v) is 0.607. The predicted molar refractivity (Wildman–Crippen MR) is 43.9 cm³/mol. The van der Waals surface area contributed by atoms with E-state index in [4.69, 9.17) is 5.11 Å². The standard InChI is InChI=1S/C6H5.C2H6.CH3O.Y/c1-2-4-6-5-3-1;2*1-2;/h1-5H;1-2H3;2H,1H2;/q-1;;-1;. The van der Waals surface area contributed by atoms with Crippen molar-refractivity contribution < 1.29 is 37.8 Å². The molecule has 1 aromatic rings. The molecule has 0 atom stereocenters. The average Bonchev–Trinajstić information content (AvgIpc) is 2.14. The molecule has 1 N–H and O–H groups in total. The zero-order chi connectivity index (χ0) is 8.24. The Morgan fingerprint density at radius 2 is 1.36 bits per heavy atom. The number of aliphatic hydroxyl groups is 1. The molecule has 1 nitrogen and oxygen atoms in total. The van der Waals surface area contributed by atoms with Crippen molar-refractivity contribution in [3.05, 3.63) is 43.5 Å². The topological polar surface area (TPSA) is 20.2 Å². The van der Waals surface area contributed by atoms with Crippen LogP contribution in [0.4, 0.5) is 0 Å². The van der Waals surface area contributed by atoms with E-state index in [0.29, 0.717) is 0 Å². The Hall–Kier alpha value is 0.284. The second-order valence-electron chi connectivity index (χ2n) is 1.08. The SMILES string of the molecule is CC.[CH2-]O.[Y].[c-]1ccccc1. The van der Waals surface area contributed by atoms with Crippen molar-refractivity contribution in [1.82, 2.24) is 0 Å². The van der Waals surface area contributed by atoms with Gasteiger partial charge in [0.15, 0.2) is 0 Å². The summed E-state index contributed by atoms with van der Waals surface area (Å²) in [5.41, 5.74) is 0. The molecule has 0 amide bonds. The second kappa shape index (κ2) is 22.4. The molecule has 0 bridgehead atoms. The fourth-order valence-corrected chi connectivity index (χ4v) is 0.342. The van der Waals surface area contributed by atoms with E-state index in [1.165, 1.54) is 0 Å². The van der Waals surface area contributed by atoms with Crippen molar-refractivity contribution in [3.8, 4) is 0 Å². The summed E-state index contributed by atoms with van der Waals surface area (Å²) in [5.74, 6) is 0. The fourth-order valence-electron chi connectivity index (χ4n) is 0.342. The summed E-state index contributed by atoms with van der Waals surface area (Å²) in [6, 6.07) is 12.5. The van der Waals surface area contributed by atoms with E-state index in [9.17, 15) is 0 Å². The molecule has 0 heterocycles. The van der Waals surface area contributed by atoms with Crippen LogP contribution in [0.15, 0.2) is 30.3 Å². The van der Waals surface area contributed by atoms with Crippen LogP contribution < -0.4 is 0 Å². The number of rotatable bonds is 0. The zero-order valence-electron chi connectivity index (χ0n) is 7.12. The van der Waals surface area contributed by atoms with Crippen molar-refractivity contribution in [2.75, 3.05) is 0 Å². The van der Waals surface area contributed by atoms with E-state index in [0.717, 1.165) is 0 Å². The number of hydrogen-bond acceptors (Lipinski definition) is 1. The van der Waals surface area contributed by atoms with Gasteiger partial charge in [0.1, 0.15) is 0 Å². The Kier molecular flexibility index (Phi) is 35.5. The minimum absolute atomic E-state index is 0. The summed E-state index contributed by atoms with van der Waals surface area (Å²) in [6.07, 6.45) is 0. The molecule has 0 aromatic heterocycles. The molecule has 0 unspecified atom stereocenters. The van der Waals surface area contributed by atoms with E-state index < -0.39 is 0 Å². The Labute approximate surface area is 94.7 Å². The summed E-state index contributed by atoms with van der Waals surface area (Å²) in [6.45, 7) is 4.00. The van der Waals surface area contributed by atoms with Gasteiger partial charge in [0.2, 0.25) is 0 Å². The van der Waals surface area contributed by atoms with Crippen LogP contribution in [-0.4, -0.2) is 5.11 Å². The molecule has 61 valence electrons. The van der Waals surface area contributed by atoms with Gasteiger partial charge in [-0.3, -0.25) is 0 Å². The molecular weight excluding hydrogens is 213 g/mol. The van der Waals surface area contributed by atoms with Gasteiger partial charge >= 0.3 is 0 Å². The Balaban J connectivity index is -0.000000114. The summed E-state index contributed by atoms with van der Waals surface area (Å²) in [7, 11) is 2.25. The van der Waals surface area contributed by atoms with Crippen molar-refractivity contribution in [2.45, 2.75) is 13.8 Å². The quantitative estimate of drug-likeness (QED) is 0.675. The van der Waals surface area contributed by atoms with Gasteiger partial charge in [-0.2, -0.15) is 36.4 Å². The van der Waals surface area contributed by atoms with E-state index in [1.54, 1.807) is 0 Å². The van der Waals surface area contributed by atoms with Crippen molar-refractivity contribution in [1.29, 1.82) is 0 Å². The molecule has 0 aliphatic carbocycles. The molecule has 0 saturated carbocycles. The minimum Gasteiger partial charge on any atom is -0.569 e. The first-order valence-corrected chi connectivity index (χ1v) is 3.23. The van der Waals surface area contributed by atoms with Gasteiger partial charge in [-0.15, -0.1) is 0 Å². The smallest absolute Gasteiger partial charge is 0 e. The van der Waals surface area contributed by atoms with Gasteiger partial charge in [-0.25, -0.2) is 7.11 Å². The molecular formula is C9H14OY-2. The van der Waals surface area contributed by atoms with Gasteiger partial charge in [0, 0.05) is 32.7 Å². The van der Waals surface area contributed by atoms with Gasteiger partial charge in [0.05, 0.1) is 0 Å². The van der Waals surface area contributed by atoms with E-state index >= 15 is 0 Å². The average molecular weight is 227 g/mol. The molecule has 0 aliphatic heterocycles.